The molecular weight excluding hydrogens is 326 g/mol. The number of morpholine rings is 1. The van der Waals surface area contributed by atoms with E-state index >= 15 is 0 Å². The van der Waals surface area contributed by atoms with E-state index in [0.29, 0.717) is 19.7 Å². The number of nitrogens with zero attached hydrogens (tertiary/aromatic N) is 4. The molecule has 7 nitrogen and oxygen atoms in total. The maximum Gasteiger partial charge on any atom is 0.237 e. The molecule has 1 amide bonds. The Morgan fingerprint density at radius 3 is 3.25 bits per heavy atom. The van der Waals surface area contributed by atoms with Gasteiger partial charge in [-0.15, -0.1) is 11.3 Å². The molecule has 0 radical (unpaired) electrons. The van der Waals surface area contributed by atoms with Crippen molar-refractivity contribution in [3.05, 3.63) is 35.0 Å². The van der Waals surface area contributed by atoms with Gasteiger partial charge in [0.2, 0.25) is 5.91 Å². The molecule has 1 saturated heterocycles. The van der Waals surface area contributed by atoms with Gasteiger partial charge in [-0.1, -0.05) is 6.07 Å². The maximum absolute atomic E-state index is 12.4. The first-order chi connectivity index (χ1) is 11.7. The van der Waals surface area contributed by atoms with Crippen molar-refractivity contribution >= 4 is 17.2 Å². The van der Waals surface area contributed by atoms with Gasteiger partial charge in [-0.3, -0.25) is 14.4 Å². The Kier molecular flexibility index (Phi) is 5.95. The summed E-state index contributed by atoms with van der Waals surface area (Å²) in [4.78, 5) is 19.8. The number of ether oxygens (including phenoxy) is 1. The minimum atomic E-state index is -0.157. The van der Waals surface area contributed by atoms with Crippen molar-refractivity contribution in [3.63, 3.8) is 0 Å². The summed E-state index contributed by atoms with van der Waals surface area (Å²) in [7, 11) is 0. The van der Waals surface area contributed by atoms with Gasteiger partial charge in [0.05, 0.1) is 25.3 Å². The van der Waals surface area contributed by atoms with Crippen LogP contribution in [0.25, 0.3) is 0 Å². The first-order valence-electron chi connectivity index (χ1n) is 8.20. The number of hydrogen-bond donors (Lipinski definition) is 1. The summed E-state index contributed by atoms with van der Waals surface area (Å²) in [5.74, 6) is 0.0768. The highest BCUT2D eigenvalue weighted by Crippen LogP contribution is 2.11. The molecule has 2 atom stereocenters. The second-order valence-electron chi connectivity index (χ2n) is 5.90. The highest BCUT2D eigenvalue weighted by molar-refractivity contribution is 7.09. The summed E-state index contributed by atoms with van der Waals surface area (Å²) >= 11 is 1.72. The molecule has 24 heavy (non-hydrogen) atoms. The molecule has 0 spiro atoms. The maximum atomic E-state index is 12.4. The summed E-state index contributed by atoms with van der Waals surface area (Å²) in [5, 5.41) is 9.20. The smallest absolute Gasteiger partial charge is 0.237 e. The third-order valence-electron chi connectivity index (χ3n) is 4.21. The van der Waals surface area contributed by atoms with Gasteiger partial charge < -0.3 is 10.1 Å². The number of amides is 1. The molecule has 1 fully saturated rings. The van der Waals surface area contributed by atoms with Crippen molar-refractivity contribution in [2.45, 2.75) is 32.0 Å². The predicted octanol–water partition coefficient (Wildman–Crippen LogP) is 0.788. The number of rotatable bonds is 7. The molecule has 3 rings (SSSR count). The Hall–Kier alpha value is -1.77. The van der Waals surface area contributed by atoms with E-state index in [9.17, 15) is 4.79 Å². The number of nitrogens with one attached hydrogen (secondary N) is 1. The zero-order valence-corrected chi connectivity index (χ0v) is 14.6. The van der Waals surface area contributed by atoms with Crippen LogP contribution in [0.15, 0.2) is 30.2 Å². The van der Waals surface area contributed by atoms with E-state index in [1.54, 1.807) is 22.3 Å². The molecule has 1 N–H and O–H groups in total. The molecule has 0 aromatic carbocycles. The topological polar surface area (TPSA) is 72.3 Å². The third-order valence-corrected chi connectivity index (χ3v) is 5.14. The summed E-state index contributed by atoms with van der Waals surface area (Å²) in [6.45, 7) is 5.41. The quantitative estimate of drug-likeness (QED) is 0.800. The van der Waals surface area contributed by atoms with E-state index in [2.05, 4.69) is 31.7 Å². The Bertz CT molecular complexity index is 616. The Morgan fingerprint density at radius 2 is 2.50 bits per heavy atom. The summed E-state index contributed by atoms with van der Waals surface area (Å²) in [6, 6.07) is 3.97. The Morgan fingerprint density at radius 1 is 1.58 bits per heavy atom. The number of aromatic nitrogens is 3. The van der Waals surface area contributed by atoms with Gasteiger partial charge in [0, 0.05) is 24.5 Å². The van der Waals surface area contributed by atoms with Crippen LogP contribution in [0.2, 0.25) is 0 Å². The number of hydrogen-bond acceptors (Lipinski definition) is 6. The normalized spacial score (nSPS) is 20.0. The molecular formula is C16H23N5O2S. The fourth-order valence-electron chi connectivity index (χ4n) is 2.82. The van der Waals surface area contributed by atoms with Gasteiger partial charge in [0.15, 0.2) is 0 Å². The molecule has 1 aliphatic rings. The van der Waals surface area contributed by atoms with Crippen molar-refractivity contribution in [3.8, 4) is 0 Å². The standard InChI is InChI=1S/C16H23N5O2S/c1-13(16(22)18-5-4-15-3-2-8-24-15)20-6-7-23-14(9-20)10-21-12-17-11-19-21/h2-3,8,11-14H,4-7,9-10H2,1H3,(H,18,22)/t13-,14+/m1/s1. The minimum Gasteiger partial charge on any atom is -0.374 e. The summed E-state index contributed by atoms with van der Waals surface area (Å²) in [5.41, 5.74) is 0. The SMILES string of the molecule is C[C@H](C(=O)NCCc1cccs1)N1CCO[C@H](Cn2cncn2)C1. The van der Waals surface area contributed by atoms with Crippen LogP contribution in [0.1, 0.15) is 11.8 Å². The fourth-order valence-corrected chi connectivity index (χ4v) is 3.53. The van der Waals surface area contributed by atoms with Crippen LogP contribution >= 0.6 is 11.3 Å². The summed E-state index contributed by atoms with van der Waals surface area (Å²) in [6.07, 6.45) is 4.11. The molecule has 130 valence electrons. The van der Waals surface area contributed by atoms with Crippen LogP contribution in [0.3, 0.4) is 0 Å². The van der Waals surface area contributed by atoms with Crippen molar-refractivity contribution in [2.24, 2.45) is 0 Å². The Labute approximate surface area is 145 Å². The minimum absolute atomic E-state index is 0.0295. The van der Waals surface area contributed by atoms with E-state index in [-0.39, 0.29) is 18.1 Å². The molecule has 0 bridgehead atoms. The van der Waals surface area contributed by atoms with Crippen molar-refractivity contribution in [1.29, 1.82) is 0 Å². The average Bonchev–Trinajstić information content (AvgIpc) is 3.28. The predicted molar refractivity (Wildman–Crippen MR) is 91.8 cm³/mol. The molecule has 2 aromatic rings. The van der Waals surface area contributed by atoms with Gasteiger partial charge in [-0.2, -0.15) is 5.10 Å². The zero-order valence-electron chi connectivity index (χ0n) is 13.8. The highest BCUT2D eigenvalue weighted by atomic mass is 32.1. The molecule has 2 aromatic heterocycles. The molecule has 0 unspecified atom stereocenters. The van der Waals surface area contributed by atoms with Crippen molar-refractivity contribution in [1.82, 2.24) is 25.0 Å². The van der Waals surface area contributed by atoms with E-state index in [1.165, 1.54) is 11.2 Å². The van der Waals surface area contributed by atoms with E-state index < -0.39 is 0 Å². The number of carbonyl (C=O) groups excluding carboxylic acids is 1. The lowest BCUT2D eigenvalue weighted by atomic mass is 10.2. The second kappa shape index (κ2) is 8.36. The van der Waals surface area contributed by atoms with E-state index in [4.69, 9.17) is 4.74 Å². The van der Waals surface area contributed by atoms with Crippen molar-refractivity contribution < 1.29 is 9.53 Å². The Balaban J connectivity index is 1.44. The van der Waals surface area contributed by atoms with Crippen LogP contribution in [-0.2, 0) is 22.5 Å². The first kappa shape index (κ1) is 17.1. The lowest BCUT2D eigenvalue weighted by Gasteiger charge is -2.36. The molecule has 3 heterocycles. The van der Waals surface area contributed by atoms with Gasteiger partial charge in [-0.25, -0.2) is 4.98 Å². The second-order valence-corrected chi connectivity index (χ2v) is 6.93. The summed E-state index contributed by atoms with van der Waals surface area (Å²) < 4.78 is 7.54. The lowest BCUT2D eigenvalue weighted by molar-refractivity contribution is -0.129. The van der Waals surface area contributed by atoms with Gasteiger partial charge in [0.1, 0.15) is 12.7 Å². The lowest BCUT2D eigenvalue weighted by Crippen LogP contribution is -2.53. The van der Waals surface area contributed by atoms with E-state index in [1.807, 2.05) is 13.0 Å². The average molecular weight is 349 g/mol. The van der Waals surface area contributed by atoms with Crippen LogP contribution in [0.5, 0.6) is 0 Å². The number of thiophene rings is 1. The van der Waals surface area contributed by atoms with Crippen LogP contribution < -0.4 is 5.32 Å². The first-order valence-corrected chi connectivity index (χ1v) is 9.08. The largest absolute Gasteiger partial charge is 0.374 e. The van der Waals surface area contributed by atoms with Crippen molar-refractivity contribution in [2.75, 3.05) is 26.2 Å². The highest BCUT2D eigenvalue weighted by Gasteiger charge is 2.28. The molecule has 0 aliphatic carbocycles. The van der Waals surface area contributed by atoms with Gasteiger partial charge >= 0.3 is 0 Å². The van der Waals surface area contributed by atoms with E-state index in [0.717, 1.165) is 19.5 Å². The monoisotopic (exact) mass is 349 g/mol. The third kappa shape index (κ3) is 4.62. The molecule has 0 saturated carbocycles. The fraction of sp³-hybridized carbons (Fsp3) is 0.562. The van der Waals surface area contributed by atoms with Gasteiger partial charge in [0.25, 0.3) is 0 Å². The van der Waals surface area contributed by atoms with Crippen LogP contribution in [0, 0.1) is 0 Å². The zero-order chi connectivity index (χ0) is 16.8. The number of carbonyl (C=O) groups is 1. The molecule has 1 aliphatic heterocycles. The van der Waals surface area contributed by atoms with Gasteiger partial charge in [-0.05, 0) is 24.8 Å². The van der Waals surface area contributed by atoms with Crippen LogP contribution in [0.4, 0.5) is 0 Å². The van der Waals surface area contributed by atoms with Crippen LogP contribution in [-0.4, -0.2) is 64.0 Å². The molecule has 8 heteroatoms.